The van der Waals surface area contributed by atoms with Crippen molar-refractivity contribution in [2.24, 2.45) is 5.84 Å². The van der Waals surface area contributed by atoms with Crippen molar-refractivity contribution < 1.29 is 4.74 Å². The molecule has 0 saturated heterocycles. The fourth-order valence-corrected chi connectivity index (χ4v) is 2.95. The number of ether oxygens (including phenoxy) is 1. The summed E-state index contributed by atoms with van der Waals surface area (Å²) in [6, 6.07) is 0.0311. The number of hydrazine groups is 1. The second-order valence-corrected chi connectivity index (χ2v) is 6.87. The predicted octanol–water partition coefficient (Wildman–Crippen LogP) is 1.49. The van der Waals surface area contributed by atoms with Crippen LogP contribution in [0, 0.1) is 0 Å². The summed E-state index contributed by atoms with van der Waals surface area (Å²) in [5, 5.41) is 5.05. The summed E-state index contributed by atoms with van der Waals surface area (Å²) in [4.78, 5) is 2.14. The van der Waals surface area contributed by atoms with E-state index in [0.717, 1.165) is 36.7 Å². The van der Waals surface area contributed by atoms with Gasteiger partial charge in [0.05, 0.1) is 31.6 Å². The number of rotatable bonds is 10. The monoisotopic (exact) mass is 315 g/mol. The maximum Gasteiger partial charge on any atom is 0.161 e. The first-order chi connectivity index (χ1) is 10.0. The number of nitrogens with one attached hydrogen (secondary N) is 1. The molecule has 0 aromatic carbocycles. The molecule has 0 spiro atoms. The molecule has 1 aromatic heterocycles. The first-order valence-electron chi connectivity index (χ1n) is 7.35. The summed E-state index contributed by atoms with van der Waals surface area (Å²) < 4.78 is 7.43. The van der Waals surface area contributed by atoms with Crippen LogP contribution in [0.5, 0.6) is 5.75 Å². The van der Waals surface area contributed by atoms with E-state index in [4.69, 9.17) is 10.6 Å². The molecular formula is C14H29N5OS. The second-order valence-electron chi connectivity index (χ2n) is 5.40. The molecule has 0 radical (unpaired) electrons. The van der Waals surface area contributed by atoms with Crippen molar-refractivity contribution in [2.75, 3.05) is 33.5 Å². The molecule has 1 aromatic rings. The van der Waals surface area contributed by atoms with Crippen LogP contribution in [0.1, 0.15) is 32.0 Å². The van der Waals surface area contributed by atoms with E-state index < -0.39 is 0 Å². The highest BCUT2D eigenvalue weighted by Gasteiger charge is 2.21. The van der Waals surface area contributed by atoms with Gasteiger partial charge in [-0.3, -0.25) is 16.0 Å². The number of nitrogens with two attached hydrogens (primary N) is 1. The van der Waals surface area contributed by atoms with Crippen LogP contribution in [0.25, 0.3) is 0 Å². The van der Waals surface area contributed by atoms with Crippen molar-refractivity contribution >= 4 is 11.8 Å². The van der Waals surface area contributed by atoms with Crippen LogP contribution < -0.4 is 16.0 Å². The zero-order chi connectivity index (χ0) is 15.8. The fraction of sp³-hybridized carbons (Fsp3) is 0.786. The van der Waals surface area contributed by atoms with Crippen molar-refractivity contribution in [1.82, 2.24) is 20.1 Å². The first kappa shape index (κ1) is 18.3. The van der Waals surface area contributed by atoms with Gasteiger partial charge in [0, 0.05) is 17.5 Å². The SMILES string of the molecule is CCC(C)SCC(NN)c1c(OC)cnn1CCN(C)C. The molecule has 3 N–H and O–H groups in total. The molecular weight excluding hydrogens is 286 g/mol. The Kier molecular flexibility index (Phi) is 8.10. The van der Waals surface area contributed by atoms with Gasteiger partial charge in [-0.2, -0.15) is 16.9 Å². The Labute approximate surface area is 132 Å². The largest absolute Gasteiger partial charge is 0.493 e. The maximum atomic E-state index is 5.77. The van der Waals surface area contributed by atoms with Crippen molar-refractivity contribution in [3.63, 3.8) is 0 Å². The minimum atomic E-state index is 0.0311. The highest BCUT2D eigenvalue weighted by molar-refractivity contribution is 7.99. The molecule has 0 fully saturated rings. The molecule has 21 heavy (non-hydrogen) atoms. The number of hydrogen-bond acceptors (Lipinski definition) is 6. The average Bonchev–Trinajstić information content (AvgIpc) is 2.88. The Morgan fingerprint density at radius 3 is 2.76 bits per heavy atom. The summed E-state index contributed by atoms with van der Waals surface area (Å²) in [5.74, 6) is 7.46. The smallest absolute Gasteiger partial charge is 0.161 e. The zero-order valence-electron chi connectivity index (χ0n) is 13.8. The van der Waals surface area contributed by atoms with Crippen LogP contribution in [-0.2, 0) is 6.54 Å². The number of methoxy groups -OCH3 is 1. The number of aromatic nitrogens is 2. The number of nitrogens with zero attached hydrogens (tertiary/aromatic N) is 3. The molecule has 1 heterocycles. The summed E-state index contributed by atoms with van der Waals surface area (Å²) in [5.41, 5.74) is 3.94. The van der Waals surface area contributed by atoms with Crippen LogP contribution in [0.2, 0.25) is 0 Å². The van der Waals surface area contributed by atoms with Crippen LogP contribution in [0.3, 0.4) is 0 Å². The molecule has 0 amide bonds. The zero-order valence-corrected chi connectivity index (χ0v) is 14.6. The Hall–Kier alpha value is -0.760. The van der Waals surface area contributed by atoms with Crippen LogP contribution in [-0.4, -0.2) is 53.4 Å². The van der Waals surface area contributed by atoms with E-state index in [1.54, 1.807) is 13.3 Å². The molecule has 6 nitrogen and oxygen atoms in total. The molecule has 122 valence electrons. The Morgan fingerprint density at radius 1 is 1.52 bits per heavy atom. The number of thioether (sulfide) groups is 1. The van der Waals surface area contributed by atoms with Gasteiger partial charge in [0.1, 0.15) is 0 Å². The number of hydrogen-bond donors (Lipinski definition) is 2. The lowest BCUT2D eigenvalue weighted by Crippen LogP contribution is -2.33. The van der Waals surface area contributed by atoms with Gasteiger partial charge in [-0.1, -0.05) is 13.8 Å². The summed E-state index contributed by atoms with van der Waals surface area (Å²) in [6.07, 6.45) is 2.92. The Morgan fingerprint density at radius 2 is 2.24 bits per heavy atom. The average molecular weight is 315 g/mol. The first-order valence-corrected chi connectivity index (χ1v) is 8.40. The van der Waals surface area contributed by atoms with Gasteiger partial charge in [-0.25, -0.2) is 0 Å². The standard InChI is InChI=1S/C14H29N5OS/c1-6-11(2)21-10-12(17-15)14-13(20-5)9-16-19(14)8-7-18(3)4/h9,11-12,17H,6-8,10,15H2,1-5H3. The van der Waals surface area contributed by atoms with E-state index >= 15 is 0 Å². The molecule has 0 saturated carbocycles. The number of likely N-dealkylation sites (N-methyl/N-ethyl adjacent to an activating group) is 1. The summed E-state index contributed by atoms with van der Waals surface area (Å²) >= 11 is 1.91. The topological polar surface area (TPSA) is 68.3 Å². The van der Waals surface area contributed by atoms with Gasteiger partial charge < -0.3 is 9.64 Å². The molecule has 1 rings (SSSR count). The lowest BCUT2D eigenvalue weighted by atomic mass is 10.2. The van der Waals surface area contributed by atoms with Gasteiger partial charge >= 0.3 is 0 Å². The Bertz CT molecular complexity index is 410. The highest BCUT2D eigenvalue weighted by Crippen LogP contribution is 2.28. The van der Waals surface area contributed by atoms with Gasteiger partial charge in [0.2, 0.25) is 0 Å². The molecule has 7 heteroatoms. The molecule has 0 aliphatic rings. The van der Waals surface area contributed by atoms with Crippen LogP contribution >= 0.6 is 11.8 Å². The van der Waals surface area contributed by atoms with E-state index in [-0.39, 0.29) is 6.04 Å². The van der Waals surface area contributed by atoms with Crippen molar-refractivity contribution in [2.45, 2.75) is 38.1 Å². The lowest BCUT2D eigenvalue weighted by molar-refractivity contribution is 0.358. The van der Waals surface area contributed by atoms with E-state index in [9.17, 15) is 0 Å². The molecule has 0 bridgehead atoms. The minimum Gasteiger partial charge on any atom is -0.493 e. The van der Waals surface area contributed by atoms with E-state index in [0.29, 0.717) is 5.25 Å². The van der Waals surface area contributed by atoms with E-state index in [2.05, 4.69) is 43.4 Å². The maximum absolute atomic E-state index is 5.77. The molecule has 0 aliphatic heterocycles. The van der Waals surface area contributed by atoms with Crippen molar-refractivity contribution in [3.8, 4) is 5.75 Å². The van der Waals surface area contributed by atoms with Crippen molar-refractivity contribution in [1.29, 1.82) is 0 Å². The van der Waals surface area contributed by atoms with Gasteiger partial charge in [-0.05, 0) is 20.5 Å². The van der Waals surface area contributed by atoms with E-state index in [1.165, 1.54) is 0 Å². The fourth-order valence-electron chi connectivity index (χ4n) is 1.94. The van der Waals surface area contributed by atoms with E-state index in [1.807, 2.05) is 16.4 Å². The highest BCUT2D eigenvalue weighted by atomic mass is 32.2. The third kappa shape index (κ3) is 5.50. The van der Waals surface area contributed by atoms with Gasteiger partial charge in [-0.15, -0.1) is 0 Å². The minimum absolute atomic E-state index is 0.0311. The molecule has 2 unspecified atom stereocenters. The van der Waals surface area contributed by atoms with Gasteiger partial charge in [0.25, 0.3) is 0 Å². The molecule has 2 atom stereocenters. The third-order valence-electron chi connectivity index (χ3n) is 3.48. The molecule has 0 aliphatic carbocycles. The lowest BCUT2D eigenvalue weighted by Gasteiger charge is -2.21. The summed E-state index contributed by atoms with van der Waals surface area (Å²) in [6.45, 7) is 6.18. The summed E-state index contributed by atoms with van der Waals surface area (Å²) in [7, 11) is 5.78. The quantitative estimate of drug-likeness (QED) is 0.504. The Balaban J connectivity index is 2.86. The normalized spacial score (nSPS) is 14.4. The van der Waals surface area contributed by atoms with Crippen LogP contribution in [0.4, 0.5) is 0 Å². The van der Waals surface area contributed by atoms with Gasteiger partial charge in [0.15, 0.2) is 5.75 Å². The van der Waals surface area contributed by atoms with Crippen molar-refractivity contribution in [3.05, 3.63) is 11.9 Å². The third-order valence-corrected chi connectivity index (χ3v) is 4.91. The van der Waals surface area contributed by atoms with Crippen LogP contribution in [0.15, 0.2) is 6.20 Å². The predicted molar refractivity (Wildman–Crippen MR) is 89.6 cm³/mol. The second kappa shape index (κ2) is 9.30.